The van der Waals surface area contributed by atoms with Crippen LogP contribution < -0.4 is 5.32 Å². The molecule has 1 saturated heterocycles. The first-order valence-electron chi connectivity index (χ1n) is 8.36. The van der Waals surface area contributed by atoms with Crippen LogP contribution in [-0.2, 0) is 14.8 Å². The Labute approximate surface area is 139 Å². The highest BCUT2D eigenvalue weighted by Crippen LogP contribution is 2.26. The summed E-state index contributed by atoms with van der Waals surface area (Å²) in [5, 5.41) is 2.87. The number of nitrogens with zero attached hydrogens (tertiary/aromatic N) is 1. The number of carbonyl (C=O) groups is 1. The highest BCUT2D eigenvalue weighted by atomic mass is 32.2. The maximum Gasteiger partial charge on any atom is 0.243 e. The molecular weight excluding hydrogens is 312 g/mol. The Kier molecular flexibility index (Phi) is 6.59. The van der Waals surface area contributed by atoms with Crippen LogP contribution in [0.25, 0.3) is 0 Å². The van der Waals surface area contributed by atoms with Gasteiger partial charge >= 0.3 is 0 Å². The third-order valence-electron chi connectivity index (χ3n) is 4.21. The van der Waals surface area contributed by atoms with Crippen LogP contribution in [-0.4, -0.2) is 38.3 Å². The lowest BCUT2D eigenvalue weighted by atomic mass is 9.94. The van der Waals surface area contributed by atoms with Gasteiger partial charge in [0.2, 0.25) is 15.9 Å². The molecule has 1 unspecified atom stereocenters. The first-order chi connectivity index (χ1) is 11.0. The Hall–Kier alpha value is -1.40. The molecule has 1 N–H and O–H groups in total. The largest absolute Gasteiger partial charge is 0.356 e. The van der Waals surface area contributed by atoms with E-state index >= 15 is 0 Å². The predicted molar refractivity (Wildman–Crippen MR) is 90.5 cm³/mol. The van der Waals surface area contributed by atoms with Crippen molar-refractivity contribution in [1.82, 2.24) is 9.62 Å². The van der Waals surface area contributed by atoms with E-state index in [2.05, 4.69) is 5.32 Å². The van der Waals surface area contributed by atoms with Gasteiger partial charge in [-0.2, -0.15) is 4.31 Å². The van der Waals surface area contributed by atoms with Crippen molar-refractivity contribution in [2.24, 2.45) is 5.92 Å². The van der Waals surface area contributed by atoms with Crippen LogP contribution in [0.5, 0.6) is 0 Å². The lowest BCUT2D eigenvalue weighted by Gasteiger charge is -2.31. The van der Waals surface area contributed by atoms with Gasteiger partial charge in [-0.25, -0.2) is 8.42 Å². The van der Waals surface area contributed by atoms with Gasteiger partial charge in [0.05, 0.1) is 4.90 Å². The topological polar surface area (TPSA) is 66.5 Å². The van der Waals surface area contributed by atoms with E-state index in [9.17, 15) is 13.2 Å². The zero-order valence-electron chi connectivity index (χ0n) is 13.7. The molecule has 0 saturated carbocycles. The molecule has 128 valence electrons. The number of hydrogen-bond acceptors (Lipinski definition) is 3. The van der Waals surface area contributed by atoms with Crippen LogP contribution in [0.3, 0.4) is 0 Å². The van der Waals surface area contributed by atoms with E-state index in [1.54, 1.807) is 28.6 Å². The molecule has 0 spiro atoms. The molecule has 5 nitrogen and oxygen atoms in total. The lowest BCUT2D eigenvalue weighted by Crippen LogP contribution is -2.40. The Morgan fingerprint density at radius 2 is 2.04 bits per heavy atom. The fourth-order valence-corrected chi connectivity index (χ4v) is 4.49. The number of amides is 1. The minimum absolute atomic E-state index is 0.0647. The van der Waals surface area contributed by atoms with Gasteiger partial charge in [0.25, 0.3) is 0 Å². The highest BCUT2D eigenvalue weighted by Gasteiger charge is 2.30. The Balaban J connectivity index is 1.92. The molecule has 1 aromatic rings. The first kappa shape index (κ1) is 17.9. The maximum atomic E-state index is 12.7. The second-order valence-corrected chi connectivity index (χ2v) is 8.01. The van der Waals surface area contributed by atoms with Crippen molar-refractivity contribution in [2.45, 2.75) is 43.9 Å². The lowest BCUT2D eigenvalue weighted by molar-refractivity contribution is -0.121. The molecule has 0 bridgehead atoms. The summed E-state index contributed by atoms with van der Waals surface area (Å²) < 4.78 is 26.9. The average molecular weight is 338 g/mol. The van der Waals surface area contributed by atoms with Crippen molar-refractivity contribution < 1.29 is 13.2 Å². The van der Waals surface area contributed by atoms with Crippen molar-refractivity contribution in [3.8, 4) is 0 Å². The normalized spacial score (nSPS) is 19.4. The van der Waals surface area contributed by atoms with E-state index < -0.39 is 10.0 Å². The van der Waals surface area contributed by atoms with E-state index in [0.29, 0.717) is 31.0 Å². The summed E-state index contributed by atoms with van der Waals surface area (Å²) in [7, 11) is -3.41. The standard InChI is InChI=1S/C17H26N2O3S/c1-2-12-18-17(20)11-10-15-7-6-13-19(14-15)23(21,22)16-8-4-3-5-9-16/h3-5,8-9,15H,2,6-7,10-14H2,1H3,(H,18,20). The molecule has 1 aromatic carbocycles. The van der Waals surface area contributed by atoms with Gasteiger partial charge in [0, 0.05) is 26.1 Å². The second-order valence-electron chi connectivity index (χ2n) is 6.07. The second kappa shape index (κ2) is 8.45. The van der Waals surface area contributed by atoms with Gasteiger partial charge in [-0.15, -0.1) is 0 Å². The molecular formula is C17H26N2O3S. The molecule has 1 aliphatic rings. The molecule has 1 atom stereocenters. The van der Waals surface area contributed by atoms with Crippen molar-refractivity contribution in [1.29, 1.82) is 0 Å². The predicted octanol–water partition coefficient (Wildman–Crippen LogP) is 2.39. The Morgan fingerprint density at radius 3 is 2.74 bits per heavy atom. The molecule has 0 aromatic heterocycles. The van der Waals surface area contributed by atoms with Gasteiger partial charge < -0.3 is 5.32 Å². The van der Waals surface area contributed by atoms with E-state index in [1.807, 2.05) is 13.0 Å². The van der Waals surface area contributed by atoms with Crippen LogP contribution >= 0.6 is 0 Å². The number of piperidine rings is 1. The minimum atomic E-state index is -3.41. The summed E-state index contributed by atoms with van der Waals surface area (Å²) in [6.45, 7) is 3.81. The van der Waals surface area contributed by atoms with Crippen LogP contribution in [0.2, 0.25) is 0 Å². The fraction of sp³-hybridized carbons (Fsp3) is 0.588. The zero-order chi connectivity index (χ0) is 16.7. The van der Waals surface area contributed by atoms with Crippen LogP contribution in [0.1, 0.15) is 39.0 Å². The van der Waals surface area contributed by atoms with E-state index in [-0.39, 0.29) is 11.8 Å². The number of sulfonamides is 1. The molecule has 1 aliphatic heterocycles. The minimum Gasteiger partial charge on any atom is -0.356 e. The zero-order valence-corrected chi connectivity index (χ0v) is 14.5. The number of carbonyl (C=O) groups excluding carboxylic acids is 1. The van der Waals surface area contributed by atoms with Crippen molar-refractivity contribution >= 4 is 15.9 Å². The third-order valence-corrected chi connectivity index (χ3v) is 6.09. The van der Waals surface area contributed by atoms with Gasteiger partial charge in [0.15, 0.2) is 0 Å². The van der Waals surface area contributed by atoms with Crippen LogP contribution in [0.15, 0.2) is 35.2 Å². The van der Waals surface area contributed by atoms with Crippen LogP contribution in [0, 0.1) is 5.92 Å². The Morgan fingerprint density at radius 1 is 1.30 bits per heavy atom. The molecule has 2 rings (SSSR count). The smallest absolute Gasteiger partial charge is 0.243 e. The van der Waals surface area contributed by atoms with Gasteiger partial charge in [-0.1, -0.05) is 25.1 Å². The first-order valence-corrected chi connectivity index (χ1v) is 9.80. The van der Waals surface area contributed by atoms with Crippen molar-refractivity contribution in [2.75, 3.05) is 19.6 Å². The summed E-state index contributed by atoms with van der Waals surface area (Å²) in [6, 6.07) is 8.57. The van der Waals surface area contributed by atoms with E-state index in [0.717, 1.165) is 25.7 Å². The van der Waals surface area contributed by atoms with E-state index in [1.165, 1.54) is 0 Å². The molecule has 0 radical (unpaired) electrons. The summed E-state index contributed by atoms with van der Waals surface area (Å²) >= 11 is 0. The van der Waals surface area contributed by atoms with Gasteiger partial charge in [-0.05, 0) is 43.7 Å². The number of benzene rings is 1. The highest BCUT2D eigenvalue weighted by molar-refractivity contribution is 7.89. The van der Waals surface area contributed by atoms with Crippen molar-refractivity contribution in [3.63, 3.8) is 0 Å². The quantitative estimate of drug-likeness (QED) is 0.830. The summed E-state index contributed by atoms with van der Waals surface area (Å²) in [6.07, 6.45) is 3.99. The third kappa shape index (κ3) is 5.04. The van der Waals surface area contributed by atoms with Crippen molar-refractivity contribution in [3.05, 3.63) is 30.3 Å². The molecule has 1 heterocycles. The summed E-state index contributed by atoms with van der Waals surface area (Å²) in [4.78, 5) is 12.1. The van der Waals surface area contributed by atoms with Crippen LogP contribution in [0.4, 0.5) is 0 Å². The number of hydrogen-bond donors (Lipinski definition) is 1. The van der Waals surface area contributed by atoms with Gasteiger partial charge in [-0.3, -0.25) is 4.79 Å². The van der Waals surface area contributed by atoms with Gasteiger partial charge in [0.1, 0.15) is 0 Å². The van der Waals surface area contributed by atoms with E-state index in [4.69, 9.17) is 0 Å². The fourth-order valence-electron chi connectivity index (χ4n) is 2.91. The number of rotatable bonds is 7. The average Bonchev–Trinajstić information content (AvgIpc) is 2.59. The molecule has 1 fully saturated rings. The molecule has 6 heteroatoms. The molecule has 0 aliphatic carbocycles. The molecule has 23 heavy (non-hydrogen) atoms. The summed E-state index contributed by atoms with van der Waals surface area (Å²) in [5.74, 6) is 0.324. The SMILES string of the molecule is CCCNC(=O)CCC1CCCN(S(=O)(=O)c2ccccc2)C1. The summed E-state index contributed by atoms with van der Waals surface area (Å²) in [5.41, 5.74) is 0. The number of nitrogens with one attached hydrogen (secondary N) is 1. The Bertz CT molecular complexity index is 602. The molecule has 1 amide bonds. The maximum absolute atomic E-state index is 12.7. The monoisotopic (exact) mass is 338 g/mol.